The number of alkyl halides is 1. The SMILES string of the molecule is O=c1c(Br)cc([N+](=O)[O-])cn1CCCl. The third-order valence-electron chi connectivity index (χ3n) is 1.56. The van der Waals surface area contributed by atoms with Crippen molar-refractivity contribution in [3.05, 3.63) is 37.2 Å². The number of aromatic nitrogens is 1. The molecular formula is C7H6BrClN2O3. The molecule has 0 amide bonds. The zero-order chi connectivity index (χ0) is 10.7. The first-order valence-corrected chi connectivity index (χ1v) is 4.99. The van der Waals surface area contributed by atoms with Crippen molar-refractivity contribution in [3.8, 4) is 0 Å². The van der Waals surface area contributed by atoms with Crippen molar-refractivity contribution in [2.45, 2.75) is 6.54 Å². The molecule has 1 rings (SSSR count). The molecular weight excluding hydrogens is 275 g/mol. The van der Waals surface area contributed by atoms with Gasteiger partial charge in [-0.2, -0.15) is 0 Å². The van der Waals surface area contributed by atoms with Crippen LogP contribution < -0.4 is 5.56 Å². The molecule has 0 bridgehead atoms. The Labute approximate surface area is 92.6 Å². The molecule has 1 aromatic heterocycles. The van der Waals surface area contributed by atoms with Crippen LogP contribution in [-0.4, -0.2) is 15.4 Å². The Balaban J connectivity index is 3.28. The lowest BCUT2D eigenvalue weighted by Crippen LogP contribution is -2.21. The normalized spacial score (nSPS) is 10.1. The maximum absolute atomic E-state index is 11.4. The summed E-state index contributed by atoms with van der Waals surface area (Å²) in [6.07, 6.45) is 1.18. The van der Waals surface area contributed by atoms with Crippen LogP contribution in [-0.2, 0) is 6.54 Å². The van der Waals surface area contributed by atoms with Crippen molar-refractivity contribution in [2.75, 3.05) is 5.88 Å². The minimum Gasteiger partial charge on any atom is -0.307 e. The van der Waals surface area contributed by atoms with Crippen molar-refractivity contribution in [1.82, 2.24) is 4.57 Å². The molecule has 0 aliphatic carbocycles. The van der Waals surface area contributed by atoms with Crippen molar-refractivity contribution in [1.29, 1.82) is 0 Å². The second-order valence-corrected chi connectivity index (χ2v) is 3.72. The Morgan fingerprint density at radius 3 is 2.79 bits per heavy atom. The maximum atomic E-state index is 11.4. The van der Waals surface area contributed by atoms with Gasteiger partial charge in [0, 0.05) is 18.5 Å². The maximum Gasteiger partial charge on any atom is 0.286 e. The molecule has 5 nitrogen and oxygen atoms in total. The van der Waals surface area contributed by atoms with Gasteiger partial charge in [0.1, 0.15) is 0 Å². The Hall–Kier alpha value is -0.880. The molecule has 0 fully saturated rings. The molecule has 0 N–H and O–H groups in total. The van der Waals surface area contributed by atoms with E-state index in [1.54, 1.807) is 0 Å². The molecule has 0 radical (unpaired) electrons. The van der Waals surface area contributed by atoms with Gasteiger partial charge in [-0.15, -0.1) is 11.6 Å². The summed E-state index contributed by atoms with van der Waals surface area (Å²) < 4.78 is 1.37. The van der Waals surface area contributed by atoms with Crippen LogP contribution in [0.3, 0.4) is 0 Å². The summed E-state index contributed by atoms with van der Waals surface area (Å²) >= 11 is 8.40. The lowest BCUT2D eigenvalue weighted by atomic mass is 10.4. The standard InChI is InChI=1S/C7H6BrClN2O3/c8-6-3-5(11(13)14)4-10(2-1-9)7(6)12/h3-4H,1-2H2. The molecule has 1 aromatic rings. The second kappa shape index (κ2) is 4.56. The van der Waals surface area contributed by atoms with Gasteiger partial charge in [-0.05, 0) is 15.9 Å². The highest BCUT2D eigenvalue weighted by Gasteiger charge is 2.11. The highest BCUT2D eigenvalue weighted by atomic mass is 79.9. The van der Waals surface area contributed by atoms with E-state index < -0.39 is 4.92 Å². The Bertz CT molecular complexity index is 418. The number of halogens is 2. The van der Waals surface area contributed by atoms with Crippen LogP contribution in [0.2, 0.25) is 0 Å². The first-order valence-electron chi connectivity index (χ1n) is 3.66. The summed E-state index contributed by atoms with van der Waals surface area (Å²) in [7, 11) is 0. The summed E-state index contributed by atoms with van der Waals surface area (Å²) in [5, 5.41) is 10.5. The molecule has 0 atom stereocenters. The summed E-state index contributed by atoms with van der Waals surface area (Å²) in [6, 6.07) is 1.17. The zero-order valence-corrected chi connectivity index (χ0v) is 9.29. The molecule has 0 unspecified atom stereocenters. The molecule has 7 heteroatoms. The van der Waals surface area contributed by atoms with Crippen LogP contribution in [0.25, 0.3) is 0 Å². The molecule has 76 valence electrons. The number of rotatable bonds is 3. The Kier molecular flexibility index (Phi) is 3.65. The fraction of sp³-hybridized carbons (Fsp3) is 0.286. The lowest BCUT2D eigenvalue weighted by Gasteiger charge is -2.02. The third kappa shape index (κ3) is 2.33. The molecule has 0 aromatic carbocycles. The van der Waals surface area contributed by atoms with Gasteiger partial charge in [0.15, 0.2) is 0 Å². The quantitative estimate of drug-likeness (QED) is 0.482. The molecule has 0 aliphatic rings. The van der Waals surface area contributed by atoms with Crippen LogP contribution in [0.15, 0.2) is 21.5 Å². The predicted molar refractivity (Wildman–Crippen MR) is 55.8 cm³/mol. The van der Waals surface area contributed by atoms with Crippen LogP contribution in [0.1, 0.15) is 0 Å². The highest BCUT2D eigenvalue weighted by Crippen LogP contribution is 2.13. The molecule has 0 saturated heterocycles. The smallest absolute Gasteiger partial charge is 0.286 e. The van der Waals surface area contributed by atoms with Gasteiger partial charge in [0.25, 0.3) is 11.2 Å². The monoisotopic (exact) mass is 280 g/mol. The number of hydrogen-bond acceptors (Lipinski definition) is 3. The average molecular weight is 281 g/mol. The average Bonchev–Trinajstić information content (AvgIpc) is 2.12. The van der Waals surface area contributed by atoms with E-state index in [1.165, 1.54) is 16.8 Å². The van der Waals surface area contributed by atoms with Gasteiger partial charge in [0.05, 0.1) is 15.6 Å². The largest absolute Gasteiger partial charge is 0.307 e. The van der Waals surface area contributed by atoms with E-state index in [4.69, 9.17) is 11.6 Å². The summed E-state index contributed by atoms with van der Waals surface area (Å²) in [5.41, 5.74) is -0.460. The summed E-state index contributed by atoms with van der Waals surface area (Å²) in [4.78, 5) is 21.3. The third-order valence-corrected chi connectivity index (χ3v) is 2.30. The Morgan fingerprint density at radius 2 is 2.29 bits per heavy atom. The van der Waals surface area contributed by atoms with E-state index in [0.29, 0.717) is 0 Å². The van der Waals surface area contributed by atoms with Gasteiger partial charge < -0.3 is 4.57 Å². The number of nitro groups is 1. The van der Waals surface area contributed by atoms with E-state index >= 15 is 0 Å². The summed E-state index contributed by atoms with van der Waals surface area (Å²) in [6.45, 7) is 0.251. The molecule has 14 heavy (non-hydrogen) atoms. The number of hydrogen-bond donors (Lipinski definition) is 0. The van der Waals surface area contributed by atoms with Crippen LogP contribution in [0, 0.1) is 10.1 Å². The number of pyridine rings is 1. The molecule has 0 aliphatic heterocycles. The lowest BCUT2D eigenvalue weighted by molar-refractivity contribution is -0.385. The highest BCUT2D eigenvalue weighted by molar-refractivity contribution is 9.10. The van der Waals surface area contributed by atoms with E-state index in [0.717, 1.165) is 0 Å². The van der Waals surface area contributed by atoms with Crippen molar-refractivity contribution < 1.29 is 4.92 Å². The van der Waals surface area contributed by atoms with Gasteiger partial charge in [0.2, 0.25) is 0 Å². The van der Waals surface area contributed by atoms with E-state index in [-0.39, 0.29) is 28.1 Å². The fourth-order valence-electron chi connectivity index (χ4n) is 0.941. The molecule has 0 spiro atoms. The van der Waals surface area contributed by atoms with E-state index in [1.807, 2.05) is 0 Å². The van der Waals surface area contributed by atoms with Crippen molar-refractivity contribution in [3.63, 3.8) is 0 Å². The second-order valence-electron chi connectivity index (χ2n) is 2.49. The topological polar surface area (TPSA) is 65.1 Å². The van der Waals surface area contributed by atoms with Gasteiger partial charge in [-0.3, -0.25) is 14.9 Å². The first-order chi connectivity index (χ1) is 6.56. The molecule has 1 heterocycles. The van der Waals surface area contributed by atoms with Crippen LogP contribution in [0.5, 0.6) is 0 Å². The number of nitrogens with zero attached hydrogens (tertiary/aromatic N) is 2. The van der Waals surface area contributed by atoms with Crippen molar-refractivity contribution in [2.24, 2.45) is 0 Å². The minimum absolute atomic E-state index is 0.137. The first kappa shape index (κ1) is 11.2. The zero-order valence-electron chi connectivity index (χ0n) is 6.94. The minimum atomic E-state index is -0.561. The molecule has 0 saturated carbocycles. The van der Waals surface area contributed by atoms with E-state index in [9.17, 15) is 14.9 Å². The van der Waals surface area contributed by atoms with Gasteiger partial charge in [-0.1, -0.05) is 0 Å². The van der Waals surface area contributed by atoms with Crippen LogP contribution in [0.4, 0.5) is 5.69 Å². The van der Waals surface area contributed by atoms with Crippen LogP contribution >= 0.6 is 27.5 Å². The summed E-state index contributed by atoms with van der Waals surface area (Å²) in [5.74, 6) is 0.230. The Morgan fingerprint density at radius 1 is 1.64 bits per heavy atom. The van der Waals surface area contributed by atoms with Gasteiger partial charge in [-0.25, -0.2) is 0 Å². The fourth-order valence-corrected chi connectivity index (χ4v) is 1.59. The van der Waals surface area contributed by atoms with E-state index in [2.05, 4.69) is 15.9 Å². The van der Waals surface area contributed by atoms with Gasteiger partial charge >= 0.3 is 0 Å². The number of aryl methyl sites for hydroxylation is 1. The predicted octanol–water partition coefficient (Wildman–Crippen LogP) is 1.76. The van der Waals surface area contributed by atoms with Crippen molar-refractivity contribution >= 4 is 33.2 Å².